The summed E-state index contributed by atoms with van der Waals surface area (Å²) in [5, 5.41) is 9.37. The number of ketones is 1. The molecule has 116 valence electrons. The number of ether oxygens (including phenoxy) is 1. The van der Waals surface area contributed by atoms with Crippen LogP contribution in [0.25, 0.3) is 0 Å². The van der Waals surface area contributed by atoms with Gasteiger partial charge >= 0.3 is 0 Å². The van der Waals surface area contributed by atoms with Crippen molar-refractivity contribution in [3.05, 3.63) is 28.8 Å². The molecule has 6 heteroatoms. The average Bonchev–Trinajstić information content (AvgIpc) is 2.49. The van der Waals surface area contributed by atoms with Crippen LogP contribution in [0.3, 0.4) is 0 Å². The van der Waals surface area contributed by atoms with E-state index >= 15 is 0 Å². The van der Waals surface area contributed by atoms with E-state index in [0.29, 0.717) is 29.4 Å². The monoisotopic (exact) mass is 312 g/mol. The summed E-state index contributed by atoms with van der Waals surface area (Å²) in [4.78, 5) is 16.6. The zero-order valence-corrected chi connectivity index (χ0v) is 13.0. The zero-order valence-electron chi connectivity index (χ0n) is 12.2. The van der Waals surface area contributed by atoms with Crippen molar-refractivity contribution in [3.63, 3.8) is 0 Å². The summed E-state index contributed by atoms with van der Waals surface area (Å²) in [5.74, 6) is 0.640. The molecule has 1 aromatic carbocycles. The molecule has 1 saturated heterocycles. The molecule has 2 rings (SSSR count). The van der Waals surface area contributed by atoms with Crippen molar-refractivity contribution in [2.75, 3.05) is 53.0 Å². The second-order valence-electron chi connectivity index (χ2n) is 5.11. The predicted molar refractivity (Wildman–Crippen MR) is 82.3 cm³/mol. The van der Waals surface area contributed by atoms with E-state index in [1.54, 1.807) is 25.3 Å². The van der Waals surface area contributed by atoms with Crippen LogP contribution in [-0.4, -0.2) is 73.7 Å². The second kappa shape index (κ2) is 7.75. The van der Waals surface area contributed by atoms with Crippen molar-refractivity contribution in [2.24, 2.45) is 0 Å². The molecule has 0 amide bonds. The van der Waals surface area contributed by atoms with Gasteiger partial charge in [0, 0.05) is 38.3 Å². The molecule has 0 atom stereocenters. The number of aliphatic hydroxyl groups is 1. The van der Waals surface area contributed by atoms with Crippen LogP contribution < -0.4 is 4.74 Å². The molecule has 21 heavy (non-hydrogen) atoms. The molecule has 0 bridgehead atoms. The fraction of sp³-hybridized carbons (Fsp3) is 0.533. The van der Waals surface area contributed by atoms with Gasteiger partial charge in [-0.05, 0) is 18.2 Å². The zero-order chi connectivity index (χ0) is 15.2. The lowest BCUT2D eigenvalue weighted by Crippen LogP contribution is -2.48. The van der Waals surface area contributed by atoms with E-state index in [4.69, 9.17) is 21.4 Å². The Kier molecular flexibility index (Phi) is 5.99. The normalized spacial score (nSPS) is 16.9. The van der Waals surface area contributed by atoms with Gasteiger partial charge in [0.15, 0.2) is 5.78 Å². The van der Waals surface area contributed by atoms with Gasteiger partial charge in [-0.15, -0.1) is 0 Å². The highest BCUT2D eigenvalue weighted by Gasteiger charge is 2.19. The summed E-state index contributed by atoms with van der Waals surface area (Å²) in [6.07, 6.45) is 0. The van der Waals surface area contributed by atoms with Crippen LogP contribution in [0.2, 0.25) is 5.02 Å². The molecule has 0 spiro atoms. The molecule has 5 nitrogen and oxygen atoms in total. The maximum absolute atomic E-state index is 12.3. The SMILES string of the molecule is COc1ccc(C(=O)CN2CCN(CCO)CC2)cc1Cl. The average molecular weight is 313 g/mol. The highest BCUT2D eigenvalue weighted by atomic mass is 35.5. The number of Topliss-reactive ketones (excluding diaryl/α,β-unsaturated/α-hetero) is 1. The molecule has 0 unspecified atom stereocenters. The van der Waals surface area contributed by atoms with Crippen LogP contribution in [0.4, 0.5) is 0 Å². The Morgan fingerprint density at radius 3 is 2.52 bits per heavy atom. The maximum Gasteiger partial charge on any atom is 0.176 e. The van der Waals surface area contributed by atoms with Gasteiger partial charge in [-0.1, -0.05) is 11.6 Å². The number of carbonyl (C=O) groups excluding carboxylic acids is 1. The number of piperazine rings is 1. The number of nitrogens with zero attached hydrogens (tertiary/aromatic N) is 2. The van der Waals surface area contributed by atoms with Crippen LogP contribution in [-0.2, 0) is 0 Å². The molecule has 1 aromatic rings. The lowest BCUT2D eigenvalue weighted by atomic mass is 10.1. The Morgan fingerprint density at radius 1 is 1.29 bits per heavy atom. The Bertz CT molecular complexity index is 488. The lowest BCUT2D eigenvalue weighted by molar-refractivity contribution is 0.0822. The van der Waals surface area contributed by atoms with Crippen LogP contribution in [0, 0.1) is 0 Å². The van der Waals surface area contributed by atoms with Crippen LogP contribution in [0.1, 0.15) is 10.4 Å². The largest absolute Gasteiger partial charge is 0.495 e. The number of benzene rings is 1. The number of halogens is 1. The number of methoxy groups -OCH3 is 1. The molecule has 1 heterocycles. The molecular formula is C15H21ClN2O3. The number of carbonyl (C=O) groups is 1. The van der Waals surface area contributed by atoms with Gasteiger partial charge in [-0.25, -0.2) is 0 Å². The molecule has 1 N–H and O–H groups in total. The van der Waals surface area contributed by atoms with Gasteiger partial charge in [-0.3, -0.25) is 14.6 Å². The molecule has 1 aliphatic rings. The third-order valence-corrected chi connectivity index (χ3v) is 4.02. The van der Waals surface area contributed by atoms with E-state index < -0.39 is 0 Å². The van der Waals surface area contributed by atoms with E-state index in [9.17, 15) is 4.79 Å². The standard InChI is InChI=1S/C15H21ClN2O3/c1-21-15-3-2-12(10-13(15)16)14(20)11-18-6-4-17(5-7-18)8-9-19/h2-3,10,19H,4-9,11H2,1H3. The van der Waals surface area contributed by atoms with Crippen molar-refractivity contribution in [1.82, 2.24) is 9.80 Å². The summed E-state index contributed by atoms with van der Waals surface area (Å²) in [6.45, 7) is 4.74. The summed E-state index contributed by atoms with van der Waals surface area (Å²) in [5.41, 5.74) is 0.610. The van der Waals surface area contributed by atoms with Gasteiger partial charge in [-0.2, -0.15) is 0 Å². The fourth-order valence-corrected chi connectivity index (χ4v) is 2.70. The molecule has 1 fully saturated rings. The van der Waals surface area contributed by atoms with Crippen molar-refractivity contribution < 1.29 is 14.6 Å². The Balaban J connectivity index is 1.89. The summed E-state index contributed by atoms with van der Waals surface area (Å²) < 4.78 is 5.08. The van der Waals surface area contributed by atoms with Crippen LogP contribution >= 0.6 is 11.6 Å². The predicted octanol–water partition coefficient (Wildman–Crippen LogP) is 1.14. The first-order chi connectivity index (χ1) is 10.1. The van der Waals surface area contributed by atoms with Gasteiger partial charge < -0.3 is 9.84 Å². The van der Waals surface area contributed by atoms with E-state index in [1.807, 2.05) is 0 Å². The highest BCUT2D eigenvalue weighted by molar-refractivity contribution is 6.32. The number of β-amino-alcohol motifs (C(OH)–C–C–N with tert-alkyl or cyclic N) is 1. The molecule has 1 aliphatic heterocycles. The van der Waals surface area contributed by atoms with E-state index in [-0.39, 0.29) is 12.4 Å². The topological polar surface area (TPSA) is 53.0 Å². The molecule has 0 aromatic heterocycles. The van der Waals surface area contributed by atoms with Crippen LogP contribution in [0.5, 0.6) is 5.75 Å². The van der Waals surface area contributed by atoms with Crippen LogP contribution in [0.15, 0.2) is 18.2 Å². The van der Waals surface area contributed by atoms with E-state index in [2.05, 4.69) is 9.80 Å². The third kappa shape index (κ3) is 4.41. The van der Waals surface area contributed by atoms with Gasteiger partial charge in [0.1, 0.15) is 5.75 Å². The lowest BCUT2D eigenvalue weighted by Gasteiger charge is -2.33. The summed E-state index contributed by atoms with van der Waals surface area (Å²) in [6, 6.07) is 5.12. The molecule has 0 aliphatic carbocycles. The van der Waals surface area contributed by atoms with Gasteiger partial charge in [0.2, 0.25) is 0 Å². The number of hydrogen-bond donors (Lipinski definition) is 1. The number of rotatable bonds is 6. The highest BCUT2D eigenvalue weighted by Crippen LogP contribution is 2.25. The summed E-state index contributed by atoms with van der Waals surface area (Å²) in [7, 11) is 1.55. The third-order valence-electron chi connectivity index (χ3n) is 3.72. The first kappa shape index (κ1) is 16.2. The molecule has 0 radical (unpaired) electrons. The number of hydrogen-bond acceptors (Lipinski definition) is 5. The van der Waals surface area contributed by atoms with Crippen molar-refractivity contribution in [3.8, 4) is 5.75 Å². The second-order valence-corrected chi connectivity index (χ2v) is 5.52. The van der Waals surface area contributed by atoms with E-state index in [1.165, 1.54) is 0 Å². The van der Waals surface area contributed by atoms with Gasteiger partial charge in [0.25, 0.3) is 0 Å². The minimum absolute atomic E-state index is 0.0650. The first-order valence-corrected chi connectivity index (χ1v) is 7.44. The van der Waals surface area contributed by atoms with Gasteiger partial charge in [0.05, 0.1) is 25.3 Å². The van der Waals surface area contributed by atoms with Crippen molar-refractivity contribution in [2.45, 2.75) is 0 Å². The quantitative estimate of drug-likeness (QED) is 0.798. The Labute approximate surface area is 130 Å². The molecular weight excluding hydrogens is 292 g/mol. The number of aliphatic hydroxyl groups excluding tert-OH is 1. The first-order valence-electron chi connectivity index (χ1n) is 7.06. The van der Waals surface area contributed by atoms with Crippen molar-refractivity contribution >= 4 is 17.4 Å². The minimum Gasteiger partial charge on any atom is -0.495 e. The fourth-order valence-electron chi connectivity index (χ4n) is 2.45. The van der Waals surface area contributed by atoms with Crippen molar-refractivity contribution in [1.29, 1.82) is 0 Å². The van der Waals surface area contributed by atoms with E-state index in [0.717, 1.165) is 26.2 Å². The smallest absolute Gasteiger partial charge is 0.176 e. The maximum atomic E-state index is 12.3. The Hall–Kier alpha value is -1.14. The Morgan fingerprint density at radius 2 is 1.95 bits per heavy atom. The summed E-state index contributed by atoms with van der Waals surface area (Å²) >= 11 is 6.05. The molecule has 0 saturated carbocycles. The minimum atomic E-state index is 0.0650.